The average Bonchev–Trinajstić information content (AvgIpc) is 3.11. The maximum Gasteiger partial charge on any atom is 0.419 e. The highest BCUT2D eigenvalue weighted by Gasteiger charge is 2.20. The highest BCUT2D eigenvalue weighted by Crippen LogP contribution is 2.31. The van der Waals surface area contributed by atoms with Gasteiger partial charge in [-0.05, 0) is 30.3 Å². The van der Waals surface area contributed by atoms with Gasteiger partial charge in [0, 0.05) is 26.2 Å². The summed E-state index contributed by atoms with van der Waals surface area (Å²) in [5.41, 5.74) is 0.880. The molecule has 0 saturated carbocycles. The Morgan fingerprint density at radius 3 is 2.61 bits per heavy atom. The molecule has 1 aliphatic heterocycles. The molecule has 0 radical (unpaired) electrons. The Morgan fingerprint density at radius 2 is 1.88 bits per heavy atom. The van der Waals surface area contributed by atoms with Gasteiger partial charge in [-0.3, -0.25) is 14.1 Å². The molecular weight excluding hydrogens is 454 g/mol. The molecule has 2 aromatic carbocycles. The van der Waals surface area contributed by atoms with Crippen molar-refractivity contribution in [2.75, 3.05) is 44.7 Å². The minimum atomic E-state index is -3.97. The van der Waals surface area contributed by atoms with E-state index in [-0.39, 0.29) is 34.4 Å². The molecule has 1 saturated heterocycles. The number of sulfonamides is 1. The number of benzene rings is 2. The van der Waals surface area contributed by atoms with E-state index in [0.717, 1.165) is 0 Å². The zero-order valence-corrected chi connectivity index (χ0v) is 18.9. The van der Waals surface area contributed by atoms with Crippen LogP contribution in [-0.2, 0) is 26.6 Å². The number of oxazole rings is 1. The van der Waals surface area contributed by atoms with E-state index < -0.39 is 15.8 Å². The molecule has 176 valence electrons. The van der Waals surface area contributed by atoms with Gasteiger partial charge >= 0.3 is 5.76 Å². The molecule has 1 fully saturated rings. The van der Waals surface area contributed by atoms with Crippen LogP contribution in [0.5, 0.6) is 11.5 Å². The van der Waals surface area contributed by atoms with Crippen molar-refractivity contribution in [2.24, 2.45) is 7.05 Å². The van der Waals surface area contributed by atoms with Crippen LogP contribution in [0.3, 0.4) is 0 Å². The summed E-state index contributed by atoms with van der Waals surface area (Å²) in [5.74, 6) is -0.191. The van der Waals surface area contributed by atoms with Crippen molar-refractivity contribution in [3.63, 3.8) is 0 Å². The first-order valence-electron chi connectivity index (χ1n) is 10.1. The van der Waals surface area contributed by atoms with Crippen LogP contribution in [0.25, 0.3) is 11.1 Å². The maximum absolute atomic E-state index is 12.9. The zero-order chi connectivity index (χ0) is 23.6. The fraction of sp³-hybridized carbons (Fsp3) is 0.333. The van der Waals surface area contributed by atoms with E-state index >= 15 is 0 Å². The Hall–Kier alpha value is -3.51. The molecule has 4 rings (SSSR count). The van der Waals surface area contributed by atoms with E-state index in [4.69, 9.17) is 18.6 Å². The number of morpholine rings is 1. The summed E-state index contributed by atoms with van der Waals surface area (Å²) < 4.78 is 50.6. The molecule has 0 spiro atoms. The topological polar surface area (TPSA) is 129 Å². The zero-order valence-electron chi connectivity index (χ0n) is 18.1. The van der Waals surface area contributed by atoms with E-state index in [0.29, 0.717) is 37.6 Å². The SMILES string of the molecule is COc1cc(NS(=O)(=O)c2ccc3oc(=O)n(C)c3c2)ccc1OCC(=O)N1CCOCC1. The summed E-state index contributed by atoms with van der Waals surface area (Å²) in [4.78, 5) is 25.6. The van der Waals surface area contributed by atoms with Gasteiger partial charge in [0.15, 0.2) is 23.7 Å². The van der Waals surface area contributed by atoms with E-state index in [2.05, 4.69) is 4.72 Å². The van der Waals surface area contributed by atoms with Gasteiger partial charge in [0.25, 0.3) is 15.9 Å². The quantitative estimate of drug-likeness (QED) is 0.537. The lowest BCUT2D eigenvalue weighted by molar-refractivity contribution is -0.137. The molecule has 0 bridgehead atoms. The van der Waals surface area contributed by atoms with Crippen LogP contribution >= 0.6 is 0 Å². The molecule has 3 aromatic rings. The maximum atomic E-state index is 12.9. The molecule has 0 aliphatic carbocycles. The van der Waals surface area contributed by atoms with Crippen molar-refractivity contribution in [2.45, 2.75) is 4.90 Å². The predicted molar refractivity (Wildman–Crippen MR) is 118 cm³/mol. The number of amides is 1. The minimum Gasteiger partial charge on any atom is -0.493 e. The predicted octanol–water partition coefficient (Wildman–Crippen LogP) is 1.18. The van der Waals surface area contributed by atoms with Crippen molar-refractivity contribution in [3.05, 3.63) is 46.9 Å². The van der Waals surface area contributed by atoms with E-state index in [9.17, 15) is 18.0 Å². The van der Waals surface area contributed by atoms with Crippen LogP contribution < -0.4 is 20.0 Å². The van der Waals surface area contributed by atoms with Gasteiger partial charge in [-0.2, -0.15) is 0 Å². The van der Waals surface area contributed by atoms with Gasteiger partial charge in [0.1, 0.15) is 0 Å². The number of aromatic nitrogens is 1. The lowest BCUT2D eigenvalue weighted by atomic mass is 10.3. The largest absolute Gasteiger partial charge is 0.493 e. The van der Waals surface area contributed by atoms with Gasteiger partial charge in [-0.1, -0.05) is 0 Å². The molecular formula is C21H23N3O8S. The number of fused-ring (bicyclic) bond motifs is 1. The second-order valence-corrected chi connectivity index (χ2v) is 8.99. The Bertz CT molecular complexity index is 1340. The first-order chi connectivity index (χ1) is 15.8. The number of nitrogens with one attached hydrogen (secondary N) is 1. The average molecular weight is 477 g/mol. The fourth-order valence-corrected chi connectivity index (χ4v) is 4.45. The smallest absolute Gasteiger partial charge is 0.419 e. The summed E-state index contributed by atoms with van der Waals surface area (Å²) in [6.45, 7) is 1.84. The molecule has 33 heavy (non-hydrogen) atoms. The van der Waals surface area contributed by atoms with Gasteiger partial charge in [-0.25, -0.2) is 13.2 Å². The molecule has 2 heterocycles. The monoisotopic (exact) mass is 477 g/mol. The van der Waals surface area contributed by atoms with Crippen LogP contribution in [0.1, 0.15) is 0 Å². The second kappa shape index (κ2) is 9.16. The molecule has 0 atom stereocenters. The number of methoxy groups -OCH3 is 1. The van der Waals surface area contributed by atoms with Crippen molar-refractivity contribution in [3.8, 4) is 11.5 Å². The number of carbonyl (C=O) groups is 1. The van der Waals surface area contributed by atoms with Crippen molar-refractivity contribution in [1.29, 1.82) is 0 Å². The Balaban J connectivity index is 1.49. The van der Waals surface area contributed by atoms with Gasteiger partial charge in [0.05, 0.1) is 36.4 Å². The van der Waals surface area contributed by atoms with Crippen molar-refractivity contribution >= 4 is 32.7 Å². The van der Waals surface area contributed by atoms with Crippen LogP contribution in [0.15, 0.2) is 50.5 Å². The van der Waals surface area contributed by atoms with Crippen LogP contribution in [-0.4, -0.2) is 63.8 Å². The molecule has 1 aromatic heterocycles. The van der Waals surface area contributed by atoms with Gasteiger partial charge in [0.2, 0.25) is 0 Å². The van der Waals surface area contributed by atoms with Gasteiger partial charge < -0.3 is 23.5 Å². The summed E-state index contributed by atoms with van der Waals surface area (Å²) in [6.07, 6.45) is 0. The molecule has 1 amide bonds. The second-order valence-electron chi connectivity index (χ2n) is 7.31. The third-order valence-corrected chi connectivity index (χ3v) is 6.58. The Morgan fingerprint density at radius 1 is 1.12 bits per heavy atom. The normalized spacial score (nSPS) is 14.3. The Kier molecular flexibility index (Phi) is 6.29. The first-order valence-corrected chi connectivity index (χ1v) is 11.6. The van der Waals surface area contributed by atoms with Crippen LogP contribution in [0, 0.1) is 0 Å². The number of hydrogen-bond acceptors (Lipinski definition) is 8. The molecule has 12 heteroatoms. The third-order valence-electron chi connectivity index (χ3n) is 5.20. The lowest BCUT2D eigenvalue weighted by Gasteiger charge is -2.26. The molecule has 11 nitrogen and oxygen atoms in total. The number of hydrogen-bond donors (Lipinski definition) is 1. The minimum absolute atomic E-state index is 0.0400. The summed E-state index contributed by atoms with van der Waals surface area (Å²) in [7, 11) is -1.06. The van der Waals surface area contributed by atoms with Crippen LogP contribution in [0.2, 0.25) is 0 Å². The number of nitrogens with zero attached hydrogens (tertiary/aromatic N) is 2. The number of aryl methyl sites for hydroxylation is 1. The number of anilines is 1. The van der Waals surface area contributed by atoms with Crippen LogP contribution in [0.4, 0.5) is 5.69 Å². The number of rotatable bonds is 7. The number of ether oxygens (including phenoxy) is 3. The first kappa shape index (κ1) is 22.7. The van der Waals surface area contributed by atoms with E-state index in [1.807, 2.05) is 0 Å². The molecule has 1 aliphatic rings. The Labute approximate surface area is 189 Å². The van der Waals surface area contributed by atoms with Gasteiger partial charge in [-0.15, -0.1) is 0 Å². The third kappa shape index (κ3) is 4.81. The van der Waals surface area contributed by atoms with E-state index in [1.54, 1.807) is 4.90 Å². The standard InChI is InChI=1S/C21H23N3O8S/c1-23-16-12-15(4-6-17(16)32-21(23)26)33(27,28)22-14-3-5-18(19(11-14)29-2)31-13-20(25)24-7-9-30-10-8-24/h3-6,11-12,22H,7-10,13H2,1-2H3. The summed E-state index contributed by atoms with van der Waals surface area (Å²) >= 11 is 0. The van der Waals surface area contributed by atoms with Crippen molar-refractivity contribution in [1.82, 2.24) is 9.47 Å². The highest BCUT2D eigenvalue weighted by atomic mass is 32.2. The van der Waals surface area contributed by atoms with Crippen molar-refractivity contribution < 1.29 is 31.8 Å². The summed E-state index contributed by atoms with van der Waals surface area (Å²) in [5, 5.41) is 0. The fourth-order valence-electron chi connectivity index (χ4n) is 3.38. The van der Waals surface area contributed by atoms with E-state index in [1.165, 1.54) is 55.1 Å². The lowest BCUT2D eigenvalue weighted by Crippen LogP contribution is -2.43. The molecule has 1 N–H and O–H groups in total. The highest BCUT2D eigenvalue weighted by molar-refractivity contribution is 7.92. The molecule has 0 unspecified atom stereocenters. The summed E-state index contributed by atoms with van der Waals surface area (Å²) in [6, 6.07) is 8.60. The number of carbonyl (C=O) groups excluding carboxylic acids is 1.